The van der Waals surface area contributed by atoms with Crippen LogP contribution in [0.5, 0.6) is 0 Å². The zero-order chi connectivity index (χ0) is 19.5. The summed E-state index contributed by atoms with van der Waals surface area (Å²) < 4.78 is 5.06. The summed E-state index contributed by atoms with van der Waals surface area (Å²) in [5.74, 6) is -1.02. The van der Waals surface area contributed by atoms with E-state index >= 15 is 0 Å². The summed E-state index contributed by atoms with van der Waals surface area (Å²) in [6, 6.07) is 7.04. The van der Waals surface area contributed by atoms with Crippen molar-refractivity contribution in [1.82, 2.24) is 10.2 Å². The van der Waals surface area contributed by atoms with Crippen LogP contribution < -0.4 is 5.32 Å². The van der Waals surface area contributed by atoms with Crippen molar-refractivity contribution in [3.05, 3.63) is 35.4 Å². The fourth-order valence-electron chi connectivity index (χ4n) is 2.84. The molecule has 3 amide bonds. The van der Waals surface area contributed by atoms with Gasteiger partial charge in [-0.3, -0.25) is 14.5 Å². The average molecular weight is 360 g/mol. The summed E-state index contributed by atoms with van der Waals surface area (Å²) in [5, 5.41) is 2.71. The van der Waals surface area contributed by atoms with Gasteiger partial charge >= 0.3 is 12.0 Å². The van der Waals surface area contributed by atoms with Gasteiger partial charge in [0.2, 0.25) is 0 Å². The number of hydrogen-bond donors (Lipinski definition) is 1. The van der Waals surface area contributed by atoms with Gasteiger partial charge in [-0.05, 0) is 29.9 Å². The standard InChI is InChI=1S/C20H28N2O4/c1-6-7-12-26-16(23)13-22-17(24)20(5,21-18(22)25)15-10-8-14(9-11-15)19(2,3)4/h8-11H,6-7,12-13H2,1-5H3,(H,21,25). The van der Waals surface area contributed by atoms with Gasteiger partial charge in [0, 0.05) is 0 Å². The third-order valence-electron chi connectivity index (χ3n) is 4.65. The molecule has 142 valence electrons. The fourth-order valence-corrected chi connectivity index (χ4v) is 2.84. The number of rotatable bonds is 6. The van der Waals surface area contributed by atoms with Gasteiger partial charge < -0.3 is 10.1 Å². The number of amides is 3. The molecule has 1 aliphatic rings. The SMILES string of the molecule is CCCCOC(=O)CN1C(=O)NC(C)(c2ccc(C(C)(C)C)cc2)C1=O. The molecule has 6 nitrogen and oxygen atoms in total. The lowest BCUT2D eigenvalue weighted by atomic mass is 9.84. The van der Waals surface area contributed by atoms with Crippen molar-refractivity contribution in [2.24, 2.45) is 0 Å². The van der Waals surface area contributed by atoms with Crippen molar-refractivity contribution in [3.63, 3.8) is 0 Å². The van der Waals surface area contributed by atoms with E-state index in [1.165, 1.54) is 0 Å². The fraction of sp³-hybridized carbons (Fsp3) is 0.550. The third kappa shape index (κ3) is 4.06. The maximum absolute atomic E-state index is 12.8. The number of hydrogen-bond acceptors (Lipinski definition) is 4. The van der Waals surface area contributed by atoms with Crippen LogP contribution in [0.2, 0.25) is 0 Å². The van der Waals surface area contributed by atoms with Crippen LogP contribution >= 0.6 is 0 Å². The van der Waals surface area contributed by atoms with Gasteiger partial charge in [-0.1, -0.05) is 58.4 Å². The lowest BCUT2D eigenvalue weighted by molar-refractivity contribution is -0.147. The largest absolute Gasteiger partial charge is 0.464 e. The molecule has 26 heavy (non-hydrogen) atoms. The average Bonchev–Trinajstić information content (AvgIpc) is 2.79. The summed E-state index contributed by atoms with van der Waals surface area (Å²) in [6.07, 6.45) is 1.66. The van der Waals surface area contributed by atoms with E-state index in [1.807, 2.05) is 31.2 Å². The van der Waals surface area contributed by atoms with Crippen LogP contribution in [0.15, 0.2) is 24.3 Å². The van der Waals surface area contributed by atoms with Gasteiger partial charge in [0.05, 0.1) is 6.61 Å². The van der Waals surface area contributed by atoms with Crippen molar-refractivity contribution in [3.8, 4) is 0 Å². The molecule has 1 saturated heterocycles. The number of carbonyl (C=O) groups is 3. The molecule has 0 aromatic heterocycles. The Kier molecular flexibility index (Phi) is 5.74. The molecule has 1 heterocycles. The summed E-state index contributed by atoms with van der Waals surface area (Å²) in [4.78, 5) is 37.9. The third-order valence-corrected chi connectivity index (χ3v) is 4.65. The maximum atomic E-state index is 12.8. The summed E-state index contributed by atoms with van der Waals surface area (Å²) in [5.41, 5.74) is 0.636. The molecule has 0 bridgehead atoms. The zero-order valence-corrected chi connectivity index (χ0v) is 16.2. The minimum atomic E-state index is -1.18. The molecule has 0 spiro atoms. The monoisotopic (exact) mass is 360 g/mol. The Morgan fingerprint density at radius 2 is 1.81 bits per heavy atom. The second-order valence-corrected chi connectivity index (χ2v) is 7.85. The molecular formula is C20H28N2O4. The van der Waals surface area contributed by atoms with Gasteiger partial charge in [-0.15, -0.1) is 0 Å². The first-order valence-electron chi connectivity index (χ1n) is 9.00. The Balaban J connectivity index is 2.14. The number of imide groups is 1. The number of ether oxygens (including phenoxy) is 1. The Labute approximate surface area is 154 Å². The van der Waals surface area contributed by atoms with Crippen molar-refractivity contribution >= 4 is 17.9 Å². The molecule has 6 heteroatoms. The number of esters is 1. The second kappa shape index (κ2) is 7.48. The zero-order valence-electron chi connectivity index (χ0n) is 16.2. The van der Waals surface area contributed by atoms with E-state index in [2.05, 4.69) is 26.1 Å². The number of nitrogens with one attached hydrogen (secondary N) is 1. The highest BCUT2D eigenvalue weighted by atomic mass is 16.5. The van der Waals surface area contributed by atoms with Crippen LogP contribution in [0.4, 0.5) is 4.79 Å². The quantitative estimate of drug-likeness (QED) is 0.480. The first-order valence-corrected chi connectivity index (χ1v) is 9.00. The van der Waals surface area contributed by atoms with Gasteiger partial charge in [-0.2, -0.15) is 0 Å². The molecule has 1 aromatic carbocycles. The number of carbonyl (C=O) groups excluding carboxylic acids is 3. The molecule has 1 fully saturated rings. The van der Waals surface area contributed by atoms with Crippen molar-refractivity contribution in [2.45, 2.75) is 58.4 Å². The molecular weight excluding hydrogens is 332 g/mol. The molecule has 2 rings (SSSR count). The van der Waals surface area contributed by atoms with Crippen LogP contribution in [-0.2, 0) is 25.3 Å². The van der Waals surface area contributed by atoms with Gasteiger partial charge in [0.1, 0.15) is 12.1 Å². The maximum Gasteiger partial charge on any atom is 0.326 e. The summed E-state index contributed by atoms with van der Waals surface area (Å²) in [6.45, 7) is 9.90. The highest BCUT2D eigenvalue weighted by molar-refractivity contribution is 6.08. The van der Waals surface area contributed by atoms with E-state index in [9.17, 15) is 14.4 Å². The molecule has 0 aliphatic carbocycles. The minimum absolute atomic E-state index is 0.00332. The number of benzene rings is 1. The van der Waals surface area contributed by atoms with Crippen LogP contribution in [0.25, 0.3) is 0 Å². The molecule has 1 N–H and O–H groups in total. The van der Waals surface area contributed by atoms with E-state index in [-0.39, 0.29) is 12.0 Å². The number of nitrogens with zero attached hydrogens (tertiary/aromatic N) is 1. The normalized spacial score (nSPS) is 20.3. The van der Waals surface area contributed by atoms with Crippen LogP contribution in [0, 0.1) is 0 Å². The summed E-state index contributed by atoms with van der Waals surface area (Å²) in [7, 11) is 0. The van der Waals surface area contributed by atoms with Crippen LogP contribution in [0.1, 0.15) is 58.6 Å². The Morgan fingerprint density at radius 1 is 1.19 bits per heavy atom. The van der Waals surface area contributed by atoms with E-state index in [0.29, 0.717) is 12.2 Å². The van der Waals surface area contributed by atoms with Crippen LogP contribution in [0.3, 0.4) is 0 Å². The van der Waals surface area contributed by atoms with E-state index in [1.54, 1.807) is 6.92 Å². The minimum Gasteiger partial charge on any atom is -0.464 e. The Hall–Kier alpha value is -2.37. The van der Waals surface area contributed by atoms with E-state index in [4.69, 9.17) is 4.74 Å². The lowest BCUT2D eigenvalue weighted by Crippen LogP contribution is -2.41. The lowest BCUT2D eigenvalue weighted by Gasteiger charge is -2.24. The Morgan fingerprint density at radius 3 is 2.35 bits per heavy atom. The smallest absolute Gasteiger partial charge is 0.326 e. The van der Waals surface area contributed by atoms with Crippen molar-refractivity contribution in [2.75, 3.05) is 13.2 Å². The molecule has 1 unspecified atom stereocenters. The molecule has 1 atom stereocenters. The first-order chi connectivity index (χ1) is 12.1. The highest BCUT2D eigenvalue weighted by Gasteiger charge is 2.49. The second-order valence-electron chi connectivity index (χ2n) is 7.85. The van der Waals surface area contributed by atoms with Gasteiger partial charge in [0.15, 0.2) is 0 Å². The molecule has 0 saturated carbocycles. The number of urea groups is 1. The van der Waals surface area contributed by atoms with E-state index < -0.39 is 23.4 Å². The predicted molar refractivity (Wildman–Crippen MR) is 98.6 cm³/mol. The molecule has 0 radical (unpaired) electrons. The van der Waals surface area contributed by atoms with Gasteiger partial charge in [0.25, 0.3) is 5.91 Å². The van der Waals surface area contributed by atoms with Crippen molar-refractivity contribution in [1.29, 1.82) is 0 Å². The highest BCUT2D eigenvalue weighted by Crippen LogP contribution is 2.31. The predicted octanol–water partition coefficient (Wildman–Crippen LogP) is 3.09. The molecule has 1 aromatic rings. The number of unbranched alkanes of at least 4 members (excludes halogenated alkanes) is 1. The molecule has 1 aliphatic heterocycles. The summed E-state index contributed by atoms with van der Waals surface area (Å²) >= 11 is 0. The topological polar surface area (TPSA) is 75.7 Å². The Bertz CT molecular complexity index is 691. The van der Waals surface area contributed by atoms with Crippen LogP contribution in [-0.4, -0.2) is 36.0 Å². The first kappa shape index (κ1) is 19.9. The van der Waals surface area contributed by atoms with Gasteiger partial charge in [-0.25, -0.2) is 4.79 Å². The van der Waals surface area contributed by atoms with Crippen molar-refractivity contribution < 1.29 is 19.1 Å². The van der Waals surface area contributed by atoms with E-state index in [0.717, 1.165) is 23.3 Å².